The topological polar surface area (TPSA) is 74.0 Å². The number of benzene rings is 2. The monoisotopic (exact) mass is 405 g/mol. The Morgan fingerprint density at radius 2 is 1.67 bits per heavy atom. The number of hydrogen-bond acceptors (Lipinski definition) is 4. The van der Waals surface area contributed by atoms with E-state index in [9.17, 15) is 9.59 Å². The lowest BCUT2D eigenvalue weighted by Gasteiger charge is -2.15. The highest BCUT2D eigenvalue weighted by Crippen LogP contribution is 2.29. The average molecular weight is 405 g/mol. The maximum Gasteiger partial charge on any atom is 0.275 e. The number of nitrogens with one attached hydrogen (secondary N) is 1. The molecule has 0 aliphatic rings. The highest BCUT2D eigenvalue weighted by Gasteiger charge is 2.15. The fourth-order valence-corrected chi connectivity index (χ4v) is 3.54. The van der Waals surface area contributed by atoms with E-state index in [0.29, 0.717) is 41.4 Å². The molecule has 0 saturated heterocycles. The lowest BCUT2D eigenvalue weighted by Crippen LogP contribution is -2.29. The van der Waals surface area contributed by atoms with Gasteiger partial charge in [-0.05, 0) is 50.2 Å². The second-order valence-electron chi connectivity index (χ2n) is 6.72. The molecule has 0 bridgehead atoms. The van der Waals surface area contributed by atoms with Gasteiger partial charge >= 0.3 is 0 Å². The first-order valence-corrected chi connectivity index (χ1v) is 9.90. The van der Waals surface area contributed by atoms with E-state index < -0.39 is 0 Å². The maximum atomic E-state index is 13.0. The average Bonchev–Trinajstić information content (AvgIpc) is 3.24. The lowest BCUT2D eigenvalue weighted by atomic mass is 10.2. The van der Waals surface area contributed by atoms with E-state index in [4.69, 9.17) is 9.47 Å². The van der Waals surface area contributed by atoms with Crippen LogP contribution >= 0.6 is 0 Å². The largest absolute Gasteiger partial charge is 0.494 e. The van der Waals surface area contributed by atoms with E-state index in [0.717, 1.165) is 5.52 Å². The minimum atomic E-state index is -0.326. The van der Waals surface area contributed by atoms with Crippen molar-refractivity contribution in [3.05, 3.63) is 71.1 Å². The molecule has 0 spiro atoms. The van der Waals surface area contributed by atoms with E-state index in [1.165, 1.54) is 4.57 Å². The van der Waals surface area contributed by atoms with E-state index in [-0.39, 0.29) is 18.0 Å². The summed E-state index contributed by atoms with van der Waals surface area (Å²) in [7, 11) is 0. The van der Waals surface area contributed by atoms with Gasteiger partial charge in [-0.15, -0.1) is 0 Å². The first-order chi connectivity index (χ1) is 14.6. The molecule has 0 fully saturated rings. The summed E-state index contributed by atoms with van der Waals surface area (Å²) in [4.78, 5) is 25.9. The number of fused-ring (bicyclic) bond motifs is 3. The highest BCUT2D eigenvalue weighted by molar-refractivity contribution is 5.93. The standard InChI is InChI=1S/C23H23N3O4/c1-3-29-16-11-12-21(30-4-2)17(14-16)24-22(27)15-26-19-9-6-5-8-18(19)25-13-7-10-20(25)23(26)28/h5-14H,3-4,15H2,1-2H3,(H,24,27). The summed E-state index contributed by atoms with van der Waals surface area (Å²) in [6.07, 6.45) is 1.84. The molecule has 0 unspecified atom stereocenters. The van der Waals surface area contributed by atoms with Gasteiger partial charge in [-0.3, -0.25) is 14.2 Å². The summed E-state index contributed by atoms with van der Waals surface area (Å²) in [5.74, 6) is 0.856. The van der Waals surface area contributed by atoms with E-state index in [2.05, 4.69) is 5.32 Å². The van der Waals surface area contributed by atoms with Gasteiger partial charge in [0.1, 0.15) is 23.6 Å². The number of anilines is 1. The Morgan fingerprint density at radius 3 is 2.43 bits per heavy atom. The van der Waals surface area contributed by atoms with Crippen molar-refractivity contribution < 1.29 is 14.3 Å². The van der Waals surface area contributed by atoms with Crippen molar-refractivity contribution in [1.82, 2.24) is 8.97 Å². The van der Waals surface area contributed by atoms with Crippen molar-refractivity contribution in [2.45, 2.75) is 20.4 Å². The molecule has 154 valence electrons. The first-order valence-electron chi connectivity index (χ1n) is 9.90. The Bertz CT molecular complexity index is 1270. The predicted octanol–water partition coefficient (Wildman–Crippen LogP) is 3.69. The van der Waals surface area contributed by atoms with Gasteiger partial charge in [-0.2, -0.15) is 0 Å². The Balaban J connectivity index is 1.69. The van der Waals surface area contributed by atoms with Crippen LogP contribution in [0.4, 0.5) is 5.69 Å². The zero-order valence-corrected chi connectivity index (χ0v) is 16.9. The fraction of sp³-hybridized carbons (Fsp3) is 0.217. The number of para-hydroxylation sites is 2. The van der Waals surface area contributed by atoms with Crippen LogP contribution in [0.1, 0.15) is 13.8 Å². The van der Waals surface area contributed by atoms with Gasteiger partial charge < -0.3 is 19.2 Å². The Hall–Kier alpha value is -3.74. The van der Waals surface area contributed by atoms with Gasteiger partial charge in [0.05, 0.1) is 29.9 Å². The third-order valence-corrected chi connectivity index (χ3v) is 4.78. The molecule has 30 heavy (non-hydrogen) atoms. The number of aromatic nitrogens is 2. The van der Waals surface area contributed by atoms with Crippen LogP contribution in [0.15, 0.2) is 65.6 Å². The Morgan fingerprint density at radius 1 is 0.933 bits per heavy atom. The zero-order valence-electron chi connectivity index (χ0n) is 16.9. The summed E-state index contributed by atoms with van der Waals surface area (Å²) in [5, 5.41) is 2.87. The van der Waals surface area contributed by atoms with Gasteiger partial charge in [-0.25, -0.2) is 0 Å². The second-order valence-corrected chi connectivity index (χ2v) is 6.72. The summed E-state index contributed by atoms with van der Waals surface area (Å²) in [5.41, 5.74) is 2.36. The number of rotatable bonds is 7. The third-order valence-electron chi connectivity index (χ3n) is 4.78. The number of carbonyl (C=O) groups is 1. The molecule has 2 heterocycles. The molecule has 7 nitrogen and oxygen atoms in total. The number of carbonyl (C=O) groups excluding carboxylic acids is 1. The number of ether oxygens (including phenoxy) is 2. The molecular weight excluding hydrogens is 382 g/mol. The summed E-state index contributed by atoms with van der Waals surface area (Å²) >= 11 is 0. The first kappa shape index (κ1) is 19.6. The molecule has 4 rings (SSSR count). The minimum absolute atomic E-state index is 0.120. The molecule has 0 radical (unpaired) electrons. The van der Waals surface area contributed by atoms with Crippen molar-refractivity contribution in [2.24, 2.45) is 0 Å². The van der Waals surface area contributed by atoms with Crippen LogP contribution in [0.3, 0.4) is 0 Å². The van der Waals surface area contributed by atoms with Crippen LogP contribution in [0.25, 0.3) is 16.6 Å². The molecule has 2 aromatic carbocycles. The normalized spacial score (nSPS) is 11.0. The number of amides is 1. The minimum Gasteiger partial charge on any atom is -0.494 e. The van der Waals surface area contributed by atoms with Gasteiger partial charge in [0.25, 0.3) is 5.56 Å². The quantitative estimate of drug-likeness (QED) is 0.509. The highest BCUT2D eigenvalue weighted by atomic mass is 16.5. The zero-order chi connectivity index (χ0) is 21.1. The van der Waals surface area contributed by atoms with Crippen molar-refractivity contribution >= 4 is 28.1 Å². The van der Waals surface area contributed by atoms with Gasteiger partial charge in [0.2, 0.25) is 5.91 Å². The van der Waals surface area contributed by atoms with Crippen LogP contribution in [-0.2, 0) is 11.3 Å². The summed E-state index contributed by atoms with van der Waals surface area (Å²) in [6, 6.07) is 16.4. The number of nitrogens with zero attached hydrogens (tertiary/aromatic N) is 2. The second kappa shape index (κ2) is 8.32. The molecule has 2 aromatic heterocycles. The fourth-order valence-electron chi connectivity index (χ4n) is 3.54. The molecule has 0 saturated carbocycles. The maximum absolute atomic E-state index is 13.0. The summed E-state index contributed by atoms with van der Waals surface area (Å²) in [6.45, 7) is 4.63. The molecule has 0 aliphatic heterocycles. The van der Waals surface area contributed by atoms with Crippen LogP contribution in [0.2, 0.25) is 0 Å². The SMILES string of the molecule is CCOc1ccc(OCC)c(NC(=O)Cn2c(=O)c3cccn3c3ccccc32)c1. The number of hydrogen-bond donors (Lipinski definition) is 1. The molecular formula is C23H23N3O4. The van der Waals surface area contributed by atoms with Crippen molar-refractivity contribution in [3.63, 3.8) is 0 Å². The predicted molar refractivity (Wildman–Crippen MR) is 117 cm³/mol. The van der Waals surface area contributed by atoms with Crippen molar-refractivity contribution in [2.75, 3.05) is 18.5 Å². The summed E-state index contributed by atoms with van der Waals surface area (Å²) < 4.78 is 14.5. The third kappa shape index (κ3) is 3.61. The Kier molecular flexibility index (Phi) is 5.43. The van der Waals surface area contributed by atoms with Gasteiger partial charge in [-0.1, -0.05) is 12.1 Å². The van der Waals surface area contributed by atoms with Crippen LogP contribution in [-0.4, -0.2) is 28.1 Å². The molecule has 7 heteroatoms. The van der Waals surface area contributed by atoms with Crippen LogP contribution in [0.5, 0.6) is 11.5 Å². The van der Waals surface area contributed by atoms with E-state index in [1.54, 1.807) is 24.3 Å². The van der Waals surface area contributed by atoms with Crippen LogP contribution in [0, 0.1) is 0 Å². The molecule has 0 aliphatic carbocycles. The van der Waals surface area contributed by atoms with E-state index >= 15 is 0 Å². The van der Waals surface area contributed by atoms with Crippen molar-refractivity contribution in [1.29, 1.82) is 0 Å². The Labute approximate surface area is 173 Å². The van der Waals surface area contributed by atoms with Gasteiger partial charge in [0.15, 0.2) is 0 Å². The van der Waals surface area contributed by atoms with Crippen molar-refractivity contribution in [3.8, 4) is 11.5 Å². The lowest BCUT2D eigenvalue weighted by molar-refractivity contribution is -0.116. The molecule has 1 amide bonds. The molecule has 1 N–H and O–H groups in total. The smallest absolute Gasteiger partial charge is 0.275 e. The van der Waals surface area contributed by atoms with Gasteiger partial charge in [0, 0.05) is 12.3 Å². The molecule has 0 atom stereocenters. The van der Waals surface area contributed by atoms with Crippen LogP contribution < -0.4 is 20.3 Å². The molecule has 4 aromatic rings. The van der Waals surface area contributed by atoms with E-state index in [1.807, 2.05) is 54.8 Å².